The summed E-state index contributed by atoms with van der Waals surface area (Å²) in [5, 5.41) is 0. The quantitative estimate of drug-likeness (QED) is 0.386. The van der Waals surface area contributed by atoms with Crippen molar-refractivity contribution in [1.82, 2.24) is 0 Å². The van der Waals surface area contributed by atoms with Gasteiger partial charge < -0.3 is 0 Å². The van der Waals surface area contributed by atoms with Crippen molar-refractivity contribution >= 4 is 9.52 Å². The number of fused-ring (bicyclic) bond motifs is 3. The minimum atomic E-state index is 0.171. The van der Waals surface area contributed by atoms with Gasteiger partial charge in [0, 0.05) is 5.92 Å². The summed E-state index contributed by atoms with van der Waals surface area (Å²) in [5.74, 6) is 0.557. The van der Waals surface area contributed by atoms with Gasteiger partial charge in [0.2, 0.25) is 0 Å². The molecule has 1 heteroatoms. The van der Waals surface area contributed by atoms with Crippen molar-refractivity contribution in [3.8, 4) is 11.1 Å². The summed E-state index contributed by atoms with van der Waals surface area (Å²) < 4.78 is 0. The summed E-state index contributed by atoms with van der Waals surface area (Å²) in [6.45, 7) is 14.1. The lowest BCUT2D eigenvalue weighted by Gasteiger charge is -2.32. The van der Waals surface area contributed by atoms with Gasteiger partial charge >= 0.3 is 0 Å². The van der Waals surface area contributed by atoms with Crippen molar-refractivity contribution in [3.05, 3.63) is 82.5 Å². The van der Waals surface area contributed by atoms with Crippen LogP contribution in [0.1, 0.15) is 108 Å². The van der Waals surface area contributed by atoms with Gasteiger partial charge in [0.15, 0.2) is 0 Å². The normalized spacial score (nSPS) is 23.3. The lowest BCUT2D eigenvalue weighted by Crippen LogP contribution is -2.21. The molecule has 1 heterocycles. The number of benzene rings is 2. The van der Waals surface area contributed by atoms with Gasteiger partial charge in [-0.15, -0.1) is 0 Å². The first-order valence-corrected chi connectivity index (χ1v) is 14.7. The fraction of sp³-hybridized carbons (Fsp3) is 0.515. The second-order valence-corrected chi connectivity index (χ2v) is 14.7. The number of hydrogen-bond acceptors (Lipinski definition) is 0. The molecule has 5 rings (SSSR count). The van der Waals surface area contributed by atoms with Crippen molar-refractivity contribution < 1.29 is 0 Å². The zero-order valence-corrected chi connectivity index (χ0v) is 23.2. The third kappa shape index (κ3) is 4.53. The third-order valence-corrected chi connectivity index (χ3v) is 10.5. The fourth-order valence-corrected chi connectivity index (χ4v) is 8.49. The molecule has 0 nitrogen and oxygen atoms in total. The van der Waals surface area contributed by atoms with Crippen molar-refractivity contribution in [1.29, 1.82) is 0 Å². The van der Waals surface area contributed by atoms with Crippen LogP contribution < -0.4 is 0 Å². The average molecular weight is 467 g/mol. The number of hydrogen-bond donors (Lipinski definition) is 0. The second kappa shape index (κ2) is 8.97. The van der Waals surface area contributed by atoms with Gasteiger partial charge in [0.25, 0.3) is 0 Å². The molecule has 1 saturated heterocycles. The molecule has 2 radical (unpaired) electrons. The smallest absolute Gasteiger partial charge is 0.0513 e. The van der Waals surface area contributed by atoms with Crippen LogP contribution in [-0.4, -0.2) is 9.52 Å². The predicted molar refractivity (Wildman–Crippen MR) is 149 cm³/mol. The summed E-state index contributed by atoms with van der Waals surface area (Å²) in [5.41, 5.74) is 12.7. The molecule has 3 aliphatic rings. The molecule has 0 amide bonds. The average Bonchev–Trinajstić information content (AvgIpc) is 3.39. The minimum Gasteiger partial charge on any atom is -0.0805 e. The highest BCUT2D eigenvalue weighted by molar-refractivity contribution is 6.41. The summed E-state index contributed by atoms with van der Waals surface area (Å²) >= 11 is 0. The van der Waals surface area contributed by atoms with E-state index in [-0.39, 0.29) is 10.8 Å². The Kier molecular flexibility index (Phi) is 6.30. The zero-order valence-electron chi connectivity index (χ0n) is 22.2. The Hall–Kier alpha value is -1.86. The maximum absolute atomic E-state index is 2.54. The van der Waals surface area contributed by atoms with Crippen molar-refractivity contribution in [2.75, 3.05) is 0 Å². The molecule has 0 N–H and O–H groups in total. The van der Waals surface area contributed by atoms with Crippen LogP contribution in [0.2, 0.25) is 11.1 Å². The van der Waals surface area contributed by atoms with E-state index in [4.69, 9.17) is 0 Å². The summed E-state index contributed by atoms with van der Waals surface area (Å²) in [6, 6.07) is 14.9. The first-order chi connectivity index (χ1) is 16.1. The largest absolute Gasteiger partial charge is 0.0805 e. The molecule has 2 aromatic rings. The molecular formula is C33H42Si. The SMILES string of the molecule is CC(C)(C)c1ccc2c(c1)-c1cc(C(C)(C)C)ccc1C2C1CCCCCC(C2=CC=CC2)[Si]1. The Morgan fingerprint density at radius 2 is 1.32 bits per heavy atom. The Bertz CT molecular complexity index is 1050. The van der Waals surface area contributed by atoms with Crippen LogP contribution >= 0.6 is 0 Å². The Balaban J connectivity index is 1.60. The maximum atomic E-state index is 2.54. The van der Waals surface area contributed by atoms with Gasteiger partial charge in [-0.05, 0) is 68.1 Å². The highest BCUT2D eigenvalue weighted by atomic mass is 28.2. The zero-order chi connectivity index (χ0) is 24.1. The summed E-state index contributed by atoms with van der Waals surface area (Å²) in [4.78, 5) is 0. The lowest BCUT2D eigenvalue weighted by molar-refractivity contribution is 0.541. The van der Waals surface area contributed by atoms with Crippen molar-refractivity contribution in [3.63, 3.8) is 0 Å². The monoisotopic (exact) mass is 466 g/mol. The number of allylic oxidation sites excluding steroid dienone is 4. The molecule has 178 valence electrons. The summed E-state index contributed by atoms with van der Waals surface area (Å²) in [6.07, 6.45) is 15.2. The first-order valence-electron chi connectivity index (χ1n) is 13.5. The molecule has 1 aliphatic heterocycles. The van der Waals surface area contributed by atoms with Gasteiger partial charge in [0.05, 0.1) is 9.52 Å². The van der Waals surface area contributed by atoms with E-state index in [1.54, 1.807) is 16.7 Å². The van der Waals surface area contributed by atoms with E-state index in [1.807, 2.05) is 0 Å². The van der Waals surface area contributed by atoms with E-state index < -0.39 is 0 Å². The van der Waals surface area contributed by atoms with Gasteiger partial charge in [-0.25, -0.2) is 0 Å². The van der Waals surface area contributed by atoms with Crippen LogP contribution in [0.15, 0.2) is 60.2 Å². The Labute approximate surface area is 210 Å². The van der Waals surface area contributed by atoms with E-state index in [0.29, 0.717) is 5.92 Å². The van der Waals surface area contributed by atoms with Crippen LogP contribution in [0.3, 0.4) is 0 Å². The molecule has 2 atom stereocenters. The third-order valence-electron chi connectivity index (χ3n) is 8.37. The first kappa shape index (κ1) is 23.9. The molecule has 0 saturated carbocycles. The second-order valence-electron chi connectivity index (χ2n) is 12.9. The molecule has 2 aliphatic carbocycles. The van der Waals surface area contributed by atoms with Crippen LogP contribution in [-0.2, 0) is 10.8 Å². The van der Waals surface area contributed by atoms with E-state index >= 15 is 0 Å². The van der Waals surface area contributed by atoms with Crippen molar-refractivity contribution in [2.45, 2.75) is 108 Å². The topological polar surface area (TPSA) is 0 Å². The Morgan fingerprint density at radius 3 is 1.85 bits per heavy atom. The standard InChI is InChI=1S/C33H42Si/c1-32(2,3)23-16-18-25-27(20-23)28-21-24(33(4,5)6)17-19-26(28)31(25)30-15-9-7-8-14-29(34-30)22-12-10-11-13-22/h10-12,16-21,29-31H,7-9,13-15H2,1-6H3. The highest BCUT2D eigenvalue weighted by Crippen LogP contribution is 2.54. The van der Waals surface area contributed by atoms with Crippen LogP contribution in [0.25, 0.3) is 11.1 Å². The Morgan fingerprint density at radius 1 is 0.735 bits per heavy atom. The van der Waals surface area contributed by atoms with E-state index in [2.05, 4.69) is 96.2 Å². The highest BCUT2D eigenvalue weighted by Gasteiger charge is 2.38. The molecule has 0 aromatic heterocycles. The summed E-state index contributed by atoms with van der Waals surface area (Å²) in [7, 11) is 1.03. The van der Waals surface area contributed by atoms with Gasteiger partial charge in [0.1, 0.15) is 0 Å². The molecule has 0 bridgehead atoms. The lowest BCUT2D eigenvalue weighted by atomic mass is 9.83. The maximum Gasteiger partial charge on any atom is 0.0513 e. The van der Waals surface area contributed by atoms with E-state index in [9.17, 15) is 0 Å². The molecule has 0 spiro atoms. The van der Waals surface area contributed by atoms with Gasteiger partial charge in [-0.3, -0.25) is 0 Å². The number of rotatable bonds is 2. The molecule has 1 fully saturated rings. The molecular weight excluding hydrogens is 424 g/mol. The van der Waals surface area contributed by atoms with Crippen LogP contribution in [0.4, 0.5) is 0 Å². The predicted octanol–water partition coefficient (Wildman–Crippen LogP) is 9.53. The van der Waals surface area contributed by atoms with E-state index in [0.717, 1.165) is 20.6 Å². The van der Waals surface area contributed by atoms with Gasteiger partial charge in [-0.2, -0.15) is 0 Å². The van der Waals surface area contributed by atoms with Gasteiger partial charge in [-0.1, -0.05) is 127 Å². The van der Waals surface area contributed by atoms with Crippen molar-refractivity contribution in [2.24, 2.45) is 0 Å². The van der Waals surface area contributed by atoms with E-state index in [1.165, 1.54) is 60.8 Å². The van der Waals surface area contributed by atoms with Crippen LogP contribution in [0, 0.1) is 0 Å². The molecule has 34 heavy (non-hydrogen) atoms. The molecule has 2 aromatic carbocycles. The molecule has 2 unspecified atom stereocenters. The van der Waals surface area contributed by atoms with Crippen LogP contribution in [0.5, 0.6) is 0 Å². The fourth-order valence-electron chi connectivity index (χ4n) is 6.25. The minimum absolute atomic E-state index is 0.171.